The highest BCUT2D eigenvalue weighted by molar-refractivity contribution is 5.98. The van der Waals surface area contributed by atoms with E-state index >= 15 is 0 Å². The number of rotatable bonds is 8. The van der Waals surface area contributed by atoms with E-state index in [0.29, 0.717) is 31.1 Å². The number of pyridine rings is 2. The van der Waals surface area contributed by atoms with E-state index in [4.69, 9.17) is 9.47 Å². The van der Waals surface area contributed by atoms with Gasteiger partial charge in [0.25, 0.3) is 5.91 Å². The first kappa shape index (κ1) is 25.6. The lowest BCUT2D eigenvalue weighted by atomic mass is 9.99. The van der Waals surface area contributed by atoms with Crippen molar-refractivity contribution in [1.82, 2.24) is 19.8 Å². The molecule has 0 aliphatic carbocycles. The van der Waals surface area contributed by atoms with Gasteiger partial charge in [-0.3, -0.25) is 14.7 Å². The molecule has 0 saturated carbocycles. The van der Waals surface area contributed by atoms with Crippen LogP contribution in [-0.2, 0) is 6.54 Å². The van der Waals surface area contributed by atoms with Crippen molar-refractivity contribution in [3.8, 4) is 22.8 Å². The quantitative estimate of drug-likeness (QED) is 0.517. The Hall–Kier alpha value is -3.49. The second-order valence-electron chi connectivity index (χ2n) is 9.45. The van der Waals surface area contributed by atoms with Crippen LogP contribution >= 0.6 is 0 Å². The number of methoxy groups -OCH3 is 1. The normalized spacial score (nSPS) is 18.7. The summed E-state index contributed by atoms with van der Waals surface area (Å²) in [6.45, 7) is 5.59. The largest absolute Gasteiger partial charge is 0.497 e. The zero-order chi connectivity index (χ0) is 25.7. The summed E-state index contributed by atoms with van der Waals surface area (Å²) in [4.78, 5) is 26.6. The van der Waals surface area contributed by atoms with Gasteiger partial charge in [0.2, 0.25) is 5.88 Å². The summed E-state index contributed by atoms with van der Waals surface area (Å²) in [6.07, 6.45) is 3.31. The highest BCUT2D eigenvalue weighted by Crippen LogP contribution is 2.31. The Morgan fingerprint density at radius 2 is 1.97 bits per heavy atom. The molecule has 3 aromatic rings. The van der Waals surface area contributed by atoms with Crippen molar-refractivity contribution in [3.05, 3.63) is 72.2 Å². The minimum Gasteiger partial charge on any atom is -0.497 e. The summed E-state index contributed by atoms with van der Waals surface area (Å²) >= 11 is 0. The molecule has 0 fully saturated rings. The van der Waals surface area contributed by atoms with E-state index in [-0.39, 0.29) is 30.6 Å². The molecule has 0 unspecified atom stereocenters. The molecule has 1 aromatic carbocycles. The Morgan fingerprint density at radius 1 is 1.19 bits per heavy atom. The average Bonchev–Trinajstić information content (AvgIpc) is 2.90. The molecule has 1 N–H and O–H groups in total. The maximum atomic E-state index is 13.6. The van der Waals surface area contributed by atoms with Gasteiger partial charge < -0.3 is 19.5 Å². The molecule has 0 spiro atoms. The number of aliphatic hydroxyl groups excluding tert-OH is 1. The first-order valence-electron chi connectivity index (χ1n) is 12.2. The van der Waals surface area contributed by atoms with Gasteiger partial charge in [-0.25, -0.2) is 4.98 Å². The Balaban J connectivity index is 1.65. The fourth-order valence-electron chi connectivity index (χ4n) is 4.40. The summed E-state index contributed by atoms with van der Waals surface area (Å²) < 4.78 is 11.7. The Kier molecular flexibility index (Phi) is 8.18. The van der Waals surface area contributed by atoms with E-state index in [1.807, 2.05) is 62.5 Å². The highest BCUT2D eigenvalue weighted by atomic mass is 16.5. The van der Waals surface area contributed by atoms with Crippen molar-refractivity contribution in [3.63, 3.8) is 0 Å². The van der Waals surface area contributed by atoms with Gasteiger partial charge in [-0.2, -0.15) is 0 Å². The topological polar surface area (TPSA) is 88.0 Å². The van der Waals surface area contributed by atoms with Crippen molar-refractivity contribution in [2.45, 2.75) is 32.5 Å². The van der Waals surface area contributed by atoms with Crippen LogP contribution in [0.25, 0.3) is 11.1 Å². The van der Waals surface area contributed by atoms with Crippen molar-refractivity contribution >= 4 is 5.91 Å². The molecule has 1 aliphatic rings. The van der Waals surface area contributed by atoms with E-state index in [9.17, 15) is 9.90 Å². The fraction of sp³-hybridized carbons (Fsp3) is 0.393. The van der Waals surface area contributed by atoms with E-state index < -0.39 is 0 Å². The zero-order valence-corrected chi connectivity index (χ0v) is 21.3. The van der Waals surface area contributed by atoms with Crippen LogP contribution < -0.4 is 9.47 Å². The number of aliphatic hydroxyl groups is 1. The van der Waals surface area contributed by atoms with Gasteiger partial charge in [0.05, 0.1) is 25.5 Å². The first-order chi connectivity index (χ1) is 17.4. The van der Waals surface area contributed by atoms with Gasteiger partial charge >= 0.3 is 0 Å². The highest BCUT2D eigenvalue weighted by Gasteiger charge is 2.34. The van der Waals surface area contributed by atoms with Crippen LogP contribution in [0.3, 0.4) is 0 Å². The van der Waals surface area contributed by atoms with Crippen LogP contribution in [0.4, 0.5) is 0 Å². The van der Waals surface area contributed by atoms with Gasteiger partial charge in [0, 0.05) is 43.5 Å². The van der Waals surface area contributed by atoms with Gasteiger partial charge in [0.15, 0.2) is 0 Å². The number of ether oxygens (including phenoxy) is 2. The minimum absolute atomic E-state index is 0.0188. The predicted molar refractivity (Wildman–Crippen MR) is 138 cm³/mol. The molecule has 1 aliphatic heterocycles. The molecule has 2 aromatic heterocycles. The second kappa shape index (κ2) is 11.5. The minimum atomic E-state index is -0.331. The molecular weight excluding hydrogens is 456 g/mol. The summed E-state index contributed by atoms with van der Waals surface area (Å²) in [6, 6.07) is 15.0. The number of aromatic nitrogens is 2. The number of nitrogens with zero attached hydrogens (tertiary/aromatic N) is 4. The number of carbonyl (C=O) groups is 1. The molecule has 0 saturated heterocycles. The molecule has 3 atom stereocenters. The van der Waals surface area contributed by atoms with E-state index in [1.165, 1.54) is 0 Å². The third-order valence-electron chi connectivity index (χ3n) is 6.59. The lowest BCUT2D eigenvalue weighted by Crippen LogP contribution is -2.49. The summed E-state index contributed by atoms with van der Waals surface area (Å²) in [5, 5.41) is 9.89. The summed E-state index contributed by atoms with van der Waals surface area (Å²) in [5.74, 6) is 0.897. The van der Waals surface area contributed by atoms with Crippen LogP contribution in [-0.4, -0.2) is 76.8 Å². The van der Waals surface area contributed by atoms with Crippen LogP contribution in [0.1, 0.15) is 29.9 Å². The molecule has 1 amide bonds. The van der Waals surface area contributed by atoms with E-state index in [0.717, 1.165) is 22.6 Å². The maximum absolute atomic E-state index is 13.6. The molecule has 4 rings (SSSR count). The lowest BCUT2D eigenvalue weighted by molar-refractivity contribution is 0.0324. The molecule has 0 bridgehead atoms. The van der Waals surface area contributed by atoms with Crippen LogP contribution in [0.2, 0.25) is 0 Å². The van der Waals surface area contributed by atoms with Crippen molar-refractivity contribution in [2.24, 2.45) is 5.92 Å². The molecule has 36 heavy (non-hydrogen) atoms. The lowest BCUT2D eigenvalue weighted by Gasteiger charge is -2.37. The Labute approximate surface area is 212 Å². The molecule has 0 radical (unpaired) electrons. The number of hydrogen-bond donors (Lipinski definition) is 1. The van der Waals surface area contributed by atoms with Crippen LogP contribution in [0, 0.1) is 5.92 Å². The number of amides is 1. The van der Waals surface area contributed by atoms with Crippen LogP contribution in [0.15, 0.2) is 60.9 Å². The fourth-order valence-corrected chi connectivity index (χ4v) is 4.40. The first-order valence-corrected chi connectivity index (χ1v) is 12.2. The smallest absolute Gasteiger partial charge is 0.259 e. The third-order valence-corrected chi connectivity index (χ3v) is 6.59. The van der Waals surface area contributed by atoms with Gasteiger partial charge in [-0.1, -0.05) is 25.1 Å². The molecule has 8 heteroatoms. The monoisotopic (exact) mass is 490 g/mol. The van der Waals surface area contributed by atoms with Gasteiger partial charge in [-0.05, 0) is 49.9 Å². The summed E-state index contributed by atoms with van der Waals surface area (Å²) in [5.41, 5.74) is 3.10. The molecule has 8 nitrogen and oxygen atoms in total. The van der Waals surface area contributed by atoms with Crippen molar-refractivity contribution in [1.29, 1.82) is 0 Å². The Morgan fingerprint density at radius 3 is 2.64 bits per heavy atom. The standard InChI is InChI=1S/C28H34N4O4/c1-19-15-32(20(2)18-33)28(34)25-13-22(21-8-10-24(35-4)11-9-21)14-30-27(25)36-26(19)17-31(3)16-23-7-5-6-12-29-23/h5-14,19-20,26,33H,15-18H2,1-4H3/t19-,20+,26+/m0/s1. The van der Waals surface area contributed by atoms with E-state index in [1.54, 1.807) is 24.4 Å². The SMILES string of the molecule is COc1ccc(-c2cnc3c(c2)C(=O)N([C@H](C)CO)C[C@H](C)[C@@H](CN(C)Cc2ccccn2)O3)cc1. The molecule has 3 heterocycles. The van der Waals surface area contributed by atoms with Crippen LogP contribution in [0.5, 0.6) is 11.6 Å². The third kappa shape index (κ3) is 5.83. The number of benzene rings is 1. The van der Waals surface area contributed by atoms with Gasteiger partial charge in [0.1, 0.15) is 17.4 Å². The molecule has 190 valence electrons. The van der Waals surface area contributed by atoms with E-state index in [2.05, 4.69) is 21.8 Å². The average molecular weight is 491 g/mol. The number of carbonyl (C=O) groups excluding carboxylic acids is 1. The number of likely N-dealkylation sites (N-methyl/N-ethyl adjacent to an activating group) is 1. The summed E-state index contributed by atoms with van der Waals surface area (Å²) in [7, 11) is 3.66. The maximum Gasteiger partial charge on any atom is 0.259 e. The van der Waals surface area contributed by atoms with Gasteiger partial charge in [-0.15, -0.1) is 0 Å². The van der Waals surface area contributed by atoms with Crippen molar-refractivity contribution < 1.29 is 19.4 Å². The van der Waals surface area contributed by atoms with Crippen molar-refractivity contribution in [2.75, 3.05) is 33.9 Å². The molecular formula is C28H34N4O4. The number of hydrogen-bond acceptors (Lipinski definition) is 7. The Bertz CT molecular complexity index is 1160. The predicted octanol–water partition coefficient (Wildman–Crippen LogP) is 3.50. The number of fused-ring (bicyclic) bond motifs is 1. The zero-order valence-electron chi connectivity index (χ0n) is 21.3. The second-order valence-corrected chi connectivity index (χ2v) is 9.45.